The quantitative estimate of drug-likeness (QED) is 0.944. The number of carbonyl (C=O) groups is 1. The zero-order valence-corrected chi connectivity index (χ0v) is 12.3. The summed E-state index contributed by atoms with van der Waals surface area (Å²) in [5.74, 6) is 0.116. The zero-order valence-electron chi connectivity index (χ0n) is 12.3. The summed E-state index contributed by atoms with van der Waals surface area (Å²) in [6.45, 7) is 0.643. The van der Waals surface area contributed by atoms with Gasteiger partial charge >= 0.3 is 0 Å². The van der Waals surface area contributed by atoms with Gasteiger partial charge in [0.15, 0.2) is 11.6 Å². The Morgan fingerprint density at radius 1 is 1.45 bits per heavy atom. The van der Waals surface area contributed by atoms with Crippen LogP contribution in [-0.2, 0) is 0 Å². The maximum atomic E-state index is 13.5. The number of rotatable bonds is 3. The summed E-state index contributed by atoms with van der Waals surface area (Å²) in [5, 5.41) is 6.69. The first kappa shape index (κ1) is 14.5. The first-order chi connectivity index (χ1) is 10.7. The van der Waals surface area contributed by atoms with Crippen molar-refractivity contribution in [2.45, 2.75) is 25.3 Å². The van der Waals surface area contributed by atoms with Crippen molar-refractivity contribution in [2.24, 2.45) is 0 Å². The van der Waals surface area contributed by atoms with Crippen LogP contribution in [0.4, 0.5) is 4.39 Å². The largest absolute Gasteiger partial charge is 0.494 e. The molecule has 1 amide bonds. The molecule has 116 valence electrons. The summed E-state index contributed by atoms with van der Waals surface area (Å²) in [6, 6.07) is 4.04. The number of benzene rings is 1. The number of piperidine rings is 1. The van der Waals surface area contributed by atoms with Crippen molar-refractivity contribution >= 4 is 5.91 Å². The maximum Gasteiger partial charge on any atom is 0.254 e. The smallest absolute Gasteiger partial charge is 0.254 e. The Labute approximate surface area is 127 Å². The second-order valence-electron chi connectivity index (χ2n) is 5.23. The lowest BCUT2D eigenvalue weighted by molar-refractivity contribution is 0.0600. The lowest BCUT2D eigenvalue weighted by atomic mass is 10.00. The predicted octanol–water partition coefficient (Wildman–Crippen LogP) is 2.32. The molecule has 0 bridgehead atoms. The summed E-state index contributed by atoms with van der Waals surface area (Å²) in [6.07, 6.45) is 4.24. The number of amides is 1. The van der Waals surface area contributed by atoms with Crippen LogP contribution in [0.5, 0.6) is 5.75 Å². The van der Waals surface area contributed by atoms with Gasteiger partial charge in [-0.3, -0.25) is 9.89 Å². The van der Waals surface area contributed by atoms with E-state index in [0.29, 0.717) is 17.9 Å². The number of nitrogens with zero attached hydrogens (tertiary/aromatic N) is 3. The van der Waals surface area contributed by atoms with Crippen LogP contribution in [0.3, 0.4) is 0 Å². The van der Waals surface area contributed by atoms with Gasteiger partial charge in [0.1, 0.15) is 12.2 Å². The van der Waals surface area contributed by atoms with Gasteiger partial charge in [-0.25, -0.2) is 9.37 Å². The molecule has 1 saturated heterocycles. The van der Waals surface area contributed by atoms with Crippen LogP contribution >= 0.6 is 0 Å². The number of carbonyl (C=O) groups excluding carboxylic acids is 1. The fourth-order valence-corrected chi connectivity index (χ4v) is 2.79. The second-order valence-corrected chi connectivity index (χ2v) is 5.23. The van der Waals surface area contributed by atoms with Gasteiger partial charge in [0.05, 0.1) is 13.2 Å². The predicted molar refractivity (Wildman–Crippen MR) is 77.0 cm³/mol. The van der Waals surface area contributed by atoms with E-state index in [1.54, 1.807) is 4.90 Å². The summed E-state index contributed by atoms with van der Waals surface area (Å²) < 4.78 is 18.5. The van der Waals surface area contributed by atoms with E-state index in [1.165, 1.54) is 31.6 Å². The summed E-state index contributed by atoms with van der Waals surface area (Å²) in [4.78, 5) is 18.7. The number of hydrogen-bond acceptors (Lipinski definition) is 4. The van der Waals surface area contributed by atoms with Gasteiger partial charge in [-0.15, -0.1) is 0 Å². The van der Waals surface area contributed by atoms with Gasteiger partial charge in [0, 0.05) is 12.1 Å². The highest BCUT2D eigenvalue weighted by Crippen LogP contribution is 2.30. The minimum Gasteiger partial charge on any atom is -0.494 e. The molecule has 6 nitrogen and oxygen atoms in total. The average molecular weight is 304 g/mol. The number of hydrogen-bond donors (Lipinski definition) is 1. The Morgan fingerprint density at radius 2 is 2.32 bits per heavy atom. The number of likely N-dealkylation sites (tertiary alicyclic amines) is 1. The minimum absolute atomic E-state index is 0.0686. The van der Waals surface area contributed by atoms with Crippen LogP contribution in [0.15, 0.2) is 24.5 Å². The molecule has 1 N–H and O–H groups in total. The number of aromatic amines is 1. The van der Waals surface area contributed by atoms with Crippen molar-refractivity contribution in [3.8, 4) is 5.75 Å². The normalized spacial score (nSPS) is 18.3. The van der Waals surface area contributed by atoms with Gasteiger partial charge in [-0.2, -0.15) is 5.10 Å². The molecule has 2 aromatic rings. The van der Waals surface area contributed by atoms with Crippen molar-refractivity contribution in [3.63, 3.8) is 0 Å². The zero-order chi connectivity index (χ0) is 15.5. The first-order valence-corrected chi connectivity index (χ1v) is 7.20. The van der Waals surface area contributed by atoms with Gasteiger partial charge in [-0.1, -0.05) is 0 Å². The minimum atomic E-state index is -0.482. The van der Waals surface area contributed by atoms with Crippen molar-refractivity contribution in [3.05, 3.63) is 41.7 Å². The van der Waals surface area contributed by atoms with Crippen LogP contribution < -0.4 is 4.74 Å². The molecular weight excluding hydrogens is 287 g/mol. The average Bonchev–Trinajstić information content (AvgIpc) is 3.09. The standard InChI is InChI=1S/C15H17FN4O2/c1-22-13-8-10(5-6-11(13)16)15(21)20-7-3-2-4-12(20)14-17-9-18-19-14/h5-6,8-9,12H,2-4,7H2,1H3,(H,17,18,19). The molecule has 0 aliphatic carbocycles. The van der Waals surface area contributed by atoms with E-state index in [9.17, 15) is 9.18 Å². The topological polar surface area (TPSA) is 71.1 Å². The van der Waals surface area contributed by atoms with Crippen molar-refractivity contribution in [2.75, 3.05) is 13.7 Å². The number of halogens is 1. The number of nitrogens with one attached hydrogen (secondary N) is 1. The fourth-order valence-electron chi connectivity index (χ4n) is 2.79. The van der Waals surface area contributed by atoms with E-state index in [-0.39, 0.29) is 17.7 Å². The third-order valence-electron chi connectivity index (χ3n) is 3.91. The van der Waals surface area contributed by atoms with Crippen LogP contribution in [0, 0.1) is 5.82 Å². The number of ether oxygens (including phenoxy) is 1. The molecule has 0 radical (unpaired) electrons. The Hall–Kier alpha value is -2.44. The molecule has 1 unspecified atom stereocenters. The second kappa shape index (κ2) is 6.13. The molecule has 1 atom stereocenters. The van der Waals surface area contributed by atoms with E-state index in [4.69, 9.17) is 4.74 Å². The molecule has 0 spiro atoms. The summed E-state index contributed by atoms with van der Waals surface area (Å²) in [5.41, 5.74) is 0.407. The Bertz CT molecular complexity index is 660. The highest BCUT2D eigenvalue weighted by atomic mass is 19.1. The lowest BCUT2D eigenvalue weighted by Gasteiger charge is -2.34. The van der Waals surface area contributed by atoms with Crippen LogP contribution in [0.2, 0.25) is 0 Å². The van der Waals surface area contributed by atoms with E-state index in [0.717, 1.165) is 19.3 Å². The fraction of sp³-hybridized carbons (Fsp3) is 0.400. The van der Waals surface area contributed by atoms with E-state index < -0.39 is 5.82 Å². The molecule has 1 aliphatic heterocycles. The molecule has 3 rings (SSSR count). The van der Waals surface area contributed by atoms with Gasteiger partial charge in [0.2, 0.25) is 0 Å². The lowest BCUT2D eigenvalue weighted by Crippen LogP contribution is -2.39. The van der Waals surface area contributed by atoms with Gasteiger partial charge in [0.25, 0.3) is 5.91 Å². The van der Waals surface area contributed by atoms with Crippen molar-refractivity contribution in [1.82, 2.24) is 20.1 Å². The maximum absolute atomic E-state index is 13.5. The first-order valence-electron chi connectivity index (χ1n) is 7.20. The highest BCUT2D eigenvalue weighted by molar-refractivity contribution is 5.95. The number of methoxy groups -OCH3 is 1. The monoisotopic (exact) mass is 304 g/mol. The molecule has 22 heavy (non-hydrogen) atoms. The molecule has 7 heteroatoms. The molecule has 1 aliphatic rings. The molecule has 1 aromatic carbocycles. The van der Waals surface area contributed by atoms with Crippen molar-refractivity contribution < 1.29 is 13.9 Å². The summed E-state index contributed by atoms with van der Waals surface area (Å²) >= 11 is 0. The highest BCUT2D eigenvalue weighted by Gasteiger charge is 2.30. The Balaban J connectivity index is 1.89. The third-order valence-corrected chi connectivity index (χ3v) is 3.91. The molecule has 1 fully saturated rings. The summed E-state index contributed by atoms with van der Waals surface area (Å²) in [7, 11) is 1.38. The van der Waals surface area contributed by atoms with Gasteiger partial charge in [-0.05, 0) is 37.5 Å². The van der Waals surface area contributed by atoms with E-state index >= 15 is 0 Å². The SMILES string of the molecule is COc1cc(C(=O)N2CCCCC2c2ncn[nH]2)ccc1F. The molecule has 0 saturated carbocycles. The van der Waals surface area contributed by atoms with Crippen molar-refractivity contribution in [1.29, 1.82) is 0 Å². The molecule has 1 aromatic heterocycles. The van der Waals surface area contributed by atoms with Crippen LogP contribution in [0.1, 0.15) is 41.5 Å². The Morgan fingerprint density at radius 3 is 3.05 bits per heavy atom. The van der Waals surface area contributed by atoms with Crippen LogP contribution in [0.25, 0.3) is 0 Å². The van der Waals surface area contributed by atoms with E-state index in [1.807, 2.05) is 0 Å². The molecular formula is C15H17FN4O2. The third kappa shape index (κ3) is 2.66. The Kier molecular flexibility index (Phi) is 4.04. The van der Waals surface area contributed by atoms with E-state index in [2.05, 4.69) is 15.2 Å². The number of aromatic nitrogens is 3. The molecule has 2 heterocycles. The van der Waals surface area contributed by atoms with Gasteiger partial charge < -0.3 is 9.64 Å². The van der Waals surface area contributed by atoms with Crippen LogP contribution in [-0.4, -0.2) is 39.6 Å². The number of H-pyrrole nitrogens is 1.